The number of hydrogen-bond donors (Lipinski definition) is 1. The van der Waals surface area contributed by atoms with Crippen molar-refractivity contribution in [1.82, 2.24) is 4.72 Å². The summed E-state index contributed by atoms with van der Waals surface area (Å²) in [6, 6.07) is 13.9. The zero-order valence-electron chi connectivity index (χ0n) is 20.4. The van der Waals surface area contributed by atoms with Gasteiger partial charge in [0.25, 0.3) is 15.9 Å². The van der Waals surface area contributed by atoms with Crippen LogP contribution < -0.4 is 4.72 Å². The maximum Gasteiger partial charge on any atom is 0.265 e. The second-order valence-corrected chi connectivity index (χ2v) is 10.5. The monoisotopic (exact) mass is 467 g/mol. The van der Waals surface area contributed by atoms with Crippen LogP contribution >= 0.6 is 0 Å². The summed E-state index contributed by atoms with van der Waals surface area (Å²) < 4.78 is 27.6. The Morgan fingerprint density at radius 1 is 0.970 bits per heavy atom. The Morgan fingerprint density at radius 2 is 1.70 bits per heavy atom. The fraction of sp³-hybridized carbons (Fsp3) is 0.393. The molecule has 0 aliphatic carbocycles. The summed E-state index contributed by atoms with van der Waals surface area (Å²) in [6.07, 6.45) is 11.0. The van der Waals surface area contributed by atoms with E-state index >= 15 is 0 Å². The second-order valence-electron chi connectivity index (χ2n) is 8.77. The van der Waals surface area contributed by atoms with E-state index < -0.39 is 15.9 Å². The molecule has 0 unspecified atom stereocenters. The summed E-state index contributed by atoms with van der Waals surface area (Å²) in [6.45, 7) is 8.46. The predicted molar refractivity (Wildman–Crippen MR) is 137 cm³/mol. The van der Waals surface area contributed by atoms with Gasteiger partial charge in [0.1, 0.15) is 0 Å². The highest BCUT2D eigenvalue weighted by molar-refractivity contribution is 7.90. The zero-order chi connectivity index (χ0) is 24.3. The summed E-state index contributed by atoms with van der Waals surface area (Å²) in [5, 5.41) is 0. The van der Waals surface area contributed by atoms with Crippen LogP contribution in [0.5, 0.6) is 0 Å². The average Bonchev–Trinajstić information content (AvgIpc) is 2.78. The molecule has 0 heterocycles. The van der Waals surface area contributed by atoms with E-state index in [2.05, 4.69) is 44.6 Å². The molecule has 0 spiro atoms. The van der Waals surface area contributed by atoms with Crippen LogP contribution in [-0.4, -0.2) is 14.3 Å². The normalized spacial score (nSPS) is 11.8. The van der Waals surface area contributed by atoms with Crippen LogP contribution in [0, 0.1) is 0 Å². The van der Waals surface area contributed by atoms with Crippen molar-refractivity contribution in [2.24, 2.45) is 0 Å². The van der Waals surface area contributed by atoms with Gasteiger partial charge in [0.2, 0.25) is 0 Å². The van der Waals surface area contributed by atoms with Crippen molar-refractivity contribution < 1.29 is 13.2 Å². The lowest BCUT2D eigenvalue weighted by Gasteiger charge is -2.13. The number of nitrogens with one attached hydrogen (secondary N) is 1. The number of carbonyl (C=O) groups is 1. The van der Waals surface area contributed by atoms with Gasteiger partial charge in [-0.3, -0.25) is 4.79 Å². The van der Waals surface area contributed by atoms with Gasteiger partial charge in [-0.1, -0.05) is 73.4 Å². The lowest BCUT2D eigenvalue weighted by Crippen LogP contribution is -2.31. The van der Waals surface area contributed by atoms with Gasteiger partial charge in [0.15, 0.2) is 0 Å². The largest absolute Gasteiger partial charge is 0.268 e. The minimum atomic E-state index is -3.92. The maximum atomic E-state index is 13.1. The van der Waals surface area contributed by atoms with E-state index in [0.29, 0.717) is 12.0 Å². The van der Waals surface area contributed by atoms with Crippen LogP contribution in [0.2, 0.25) is 0 Å². The molecule has 2 rings (SSSR count). The van der Waals surface area contributed by atoms with Gasteiger partial charge in [-0.25, -0.2) is 13.1 Å². The van der Waals surface area contributed by atoms with Crippen molar-refractivity contribution >= 4 is 15.9 Å². The Bertz CT molecular complexity index is 1080. The molecule has 178 valence electrons. The number of aryl methyl sites for hydroxylation is 1. The fourth-order valence-corrected chi connectivity index (χ4v) is 4.55. The van der Waals surface area contributed by atoms with Crippen LogP contribution in [-0.2, 0) is 22.9 Å². The zero-order valence-corrected chi connectivity index (χ0v) is 21.2. The smallest absolute Gasteiger partial charge is 0.265 e. The molecule has 0 saturated heterocycles. The first-order valence-corrected chi connectivity index (χ1v) is 13.2. The van der Waals surface area contributed by atoms with Crippen LogP contribution in [0.15, 0.2) is 76.7 Å². The number of allylic oxidation sites excluding steroid dienone is 4. The topological polar surface area (TPSA) is 63.2 Å². The maximum absolute atomic E-state index is 13.1. The number of carbonyl (C=O) groups excluding carboxylic acids is 1. The number of hydrogen-bond acceptors (Lipinski definition) is 3. The molecular formula is C28H37NO3S. The third-order valence-electron chi connectivity index (χ3n) is 5.53. The molecule has 0 fully saturated rings. The number of unbranched alkanes of at least 4 members (excludes halogenated alkanes) is 2. The molecule has 0 atom stereocenters. The average molecular weight is 468 g/mol. The second kappa shape index (κ2) is 13.1. The number of benzene rings is 2. The molecule has 0 aliphatic heterocycles. The summed E-state index contributed by atoms with van der Waals surface area (Å²) in [5.41, 5.74) is 4.95. The Balaban J connectivity index is 2.23. The molecule has 1 amide bonds. The molecule has 5 heteroatoms. The van der Waals surface area contributed by atoms with Gasteiger partial charge in [-0.2, -0.15) is 0 Å². The van der Waals surface area contributed by atoms with E-state index in [1.165, 1.54) is 23.3 Å². The molecule has 33 heavy (non-hydrogen) atoms. The summed E-state index contributed by atoms with van der Waals surface area (Å²) in [7, 11) is -3.92. The van der Waals surface area contributed by atoms with Crippen molar-refractivity contribution in [3.63, 3.8) is 0 Å². The van der Waals surface area contributed by atoms with Crippen molar-refractivity contribution in [2.45, 2.75) is 77.5 Å². The quantitative estimate of drug-likeness (QED) is 0.277. The first-order valence-electron chi connectivity index (χ1n) is 11.8. The SMILES string of the molecule is CCCCCc1ccc(C/C=C(\C)CCC=C(C)C)cc1C(=O)NS(=O)(=O)c1ccccc1. The molecule has 0 saturated carbocycles. The number of rotatable bonds is 12. The van der Waals surface area contributed by atoms with Crippen LogP contribution in [0.25, 0.3) is 0 Å². The predicted octanol–water partition coefficient (Wildman–Crippen LogP) is 6.77. The van der Waals surface area contributed by atoms with Gasteiger partial charge in [0, 0.05) is 5.56 Å². The molecular weight excluding hydrogens is 430 g/mol. The molecule has 0 aliphatic rings. The van der Waals surface area contributed by atoms with Gasteiger partial charge in [-0.05, 0) is 82.2 Å². The molecule has 0 radical (unpaired) electrons. The van der Waals surface area contributed by atoms with E-state index in [1.807, 2.05) is 18.2 Å². The van der Waals surface area contributed by atoms with Crippen molar-refractivity contribution in [1.29, 1.82) is 0 Å². The van der Waals surface area contributed by atoms with Gasteiger partial charge < -0.3 is 0 Å². The highest BCUT2D eigenvalue weighted by Crippen LogP contribution is 2.19. The Morgan fingerprint density at radius 3 is 2.36 bits per heavy atom. The highest BCUT2D eigenvalue weighted by atomic mass is 32.2. The van der Waals surface area contributed by atoms with E-state index in [4.69, 9.17) is 0 Å². The third-order valence-corrected chi connectivity index (χ3v) is 6.87. The molecule has 2 aromatic rings. The Kier molecular flexibility index (Phi) is 10.6. The Hall–Kier alpha value is -2.66. The van der Waals surface area contributed by atoms with E-state index in [0.717, 1.165) is 49.7 Å². The standard InChI is InChI=1S/C28H37NO3S/c1-5-6-8-14-25-20-19-24(18-17-23(4)13-11-12-22(2)3)21-27(25)28(30)29-33(31,32)26-15-9-7-10-16-26/h7,9-10,12,15-17,19-21H,5-6,8,11,13-14,18H2,1-4H3,(H,29,30)/b23-17+. The van der Waals surface area contributed by atoms with Gasteiger partial charge in [-0.15, -0.1) is 0 Å². The minimum absolute atomic E-state index is 0.0805. The van der Waals surface area contributed by atoms with Gasteiger partial charge >= 0.3 is 0 Å². The molecule has 1 N–H and O–H groups in total. The Labute approximate surface area is 199 Å². The first kappa shape index (κ1) is 26.6. The lowest BCUT2D eigenvalue weighted by molar-refractivity contribution is 0.0980. The van der Waals surface area contributed by atoms with Crippen molar-refractivity contribution in [3.05, 3.63) is 88.5 Å². The van der Waals surface area contributed by atoms with E-state index in [-0.39, 0.29) is 4.90 Å². The van der Waals surface area contributed by atoms with Crippen LogP contribution in [0.4, 0.5) is 0 Å². The van der Waals surface area contributed by atoms with Crippen LogP contribution in [0.3, 0.4) is 0 Å². The van der Waals surface area contributed by atoms with E-state index in [9.17, 15) is 13.2 Å². The molecule has 0 bridgehead atoms. The summed E-state index contributed by atoms with van der Waals surface area (Å²) in [4.78, 5) is 13.2. The minimum Gasteiger partial charge on any atom is -0.268 e. The first-order chi connectivity index (χ1) is 15.7. The van der Waals surface area contributed by atoms with Crippen molar-refractivity contribution in [2.75, 3.05) is 0 Å². The van der Waals surface area contributed by atoms with E-state index in [1.54, 1.807) is 18.2 Å². The fourth-order valence-electron chi connectivity index (χ4n) is 3.56. The summed E-state index contributed by atoms with van der Waals surface area (Å²) >= 11 is 0. The molecule has 4 nitrogen and oxygen atoms in total. The lowest BCUT2D eigenvalue weighted by atomic mass is 9.97. The third kappa shape index (κ3) is 9.01. The summed E-state index contributed by atoms with van der Waals surface area (Å²) in [5.74, 6) is -0.573. The number of sulfonamides is 1. The number of amides is 1. The van der Waals surface area contributed by atoms with Gasteiger partial charge in [0.05, 0.1) is 4.90 Å². The molecule has 2 aromatic carbocycles. The van der Waals surface area contributed by atoms with Crippen LogP contribution in [0.1, 0.15) is 81.3 Å². The highest BCUT2D eigenvalue weighted by Gasteiger charge is 2.20. The van der Waals surface area contributed by atoms with Crippen molar-refractivity contribution in [3.8, 4) is 0 Å². The molecule has 0 aromatic heterocycles.